The fourth-order valence-electron chi connectivity index (χ4n) is 2.25. The van der Waals surface area contributed by atoms with Gasteiger partial charge < -0.3 is 19.8 Å². The lowest BCUT2D eigenvalue weighted by molar-refractivity contribution is 0.0594. The van der Waals surface area contributed by atoms with Crippen LogP contribution in [0.1, 0.15) is 35.4 Å². The van der Waals surface area contributed by atoms with E-state index in [4.69, 9.17) is 4.74 Å². The van der Waals surface area contributed by atoms with E-state index in [-0.39, 0.29) is 5.97 Å². The fourth-order valence-corrected chi connectivity index (χ4v) is 2.25. The Morgan fingerprint density at radius 3 is 2.84 bits per heavy atom. The number of aromatic amines is 1. The minimum absolute atomic E-state index is 0.329. The largest absolute Gasteiger partial charge is 0.464 e. The van der Waals surface area contributed by atoms with E-state index in [0.29, 0.717) is 11.1 Å². The Kier molecular flexibility index (Phi) is 4.61. The van der Waals surface area contributed by atoms with Gasteiger partial charge in [0.1, 0.15) is 5.69 Å². The summed E-state index contributed by atoms with van der Waals surface area (Å²) in [6.45, 7) is 2.57. The van der Waals surface area contributed by atoms with Crippen LogP contribution in [0.3, 0.4) is 0 Å². The molecule has 2 N–H and O–H groups in total. The highest BCUT2D eigenvalue weighted by Crippen LogP contribution is 2.48. The summed E-state index contributed by atoms with van der Waals surface area (Å²) in [5.41, 5.74) is 1.94. The van der Waals surface area contributed by atoms with Crippen LogP contribution in [0.25, 0.3) is 0 Å². The van der Waals surface area contributed by atoms with Crippen LogP contribution < -0.4 is 5.32 Å². The van der Waals surface area contributed by atoms with E-state index in [2.05, 4.69) is 15.0 Å². The summed E-state index contributed by atoms with van der Waals surface area (Å²) in [6.07, 6.45) is 3.68. The van der Waals surface area contributed by atoms with Gasteiger partial charge in [-0.1, -0.05) is 0 Å². The third-order valence-electron chi connectivity index (χ3n) is 3.76. The standard InChI is InChI=1S/C14H22N2O3/c1-18-8-7-14(5-6-14)10-15-9-11-3-4-12(16-11)13(17)19-2/h3-4,15-16H,5-10H2,1-2H3. The summed E-state index contributed by atoms with van der Waals surface area (Å²) < 4.78 is 9.80. The number of rotatable bonds is 8. The van der Waals surface area contributed by atoms with Gasteiger partial charge in [-0.15, -0.1) is 0 Å². The molecule has 0 amide bonds. The minimum atomic E-state index is -0.329. The first-order chi connectivity index (χ1) is 9.19. The second kappa shape index (κ2) is 6.21. The lowest BCUT2D eigenvalue weighted by Crippen LogP contribution is -2.24. The van der Waals surface area contributed by atoms with Gasteiger partial charge >= 0.3 is 5.97 Å². The molecule has 0 radical (unpaired) electrons. The summed E-state index contributed by atoms with van der Waals surface area (Å²) in [4.78, 5) is 14.4. The van der Waals surface area contributed by atoms with Crippen molar-refractivity contribution < 1.29 is 14.3 Å². The molecule has 0 bridgehead atoms. The number of nitrogens with one attached hydrogen (secondary N) is 2. The van der Waals surface area contributed by atoms with E-state index in [1.807, 2.05) is 6.07 Å². The monoisotopic (exact) mass is 266 g/mol. The zero-order valence-corrected chi connectivity index (χ0v) is 11.6. The number of carbonyl (C=O) groups excluding carboxylic acids is 1. The highest BCUT2D eigenvalue weighted by Gasteiger charge is 2.41. The van der Waals surface area contributed by atoms with Gasteiger partial charge in [0.25, 0.3) is 0 Å². The van der Waals surface area contributed by atoms with Crippen molar-refractivity contribution in [2.75, 3.05) is 27.4 Å². The third kappa shape index (κ3) is 3.81. The highest BCUT2D eigenvalue weighted by molar-refractivity contribution is 5.87. The molecular weight excluding hydrogens is 244 g/mol. The van der Waals surface area contributed by atoms with Crippen LogP contribution in [0.4, 0.5) is 0 Å². The molecule has 0 unspecified atom stereocenters. The molecule has 0 atom stereocenters. The first kappa shape index (κ1) is 14.1. The van der Waals surface area contributed by atoms with Crippen molar-refractivity contribution in [3.63, 3.8) is 0 Å². The van der Waals surface area contributed by atoms with E-state index < -0.39 is 0 Å². The molecule has 1 saturated carbocycles. The molecule has 2 rings (SSSR count). The summed E-state index contributed by atoms with van der Waals surface area (Å²) in [7, 11) is 3.13. The Hall–Kier alpha value is -1.33. The lowest BCUT2D eigenvalue weighted by Gasteiger charge is -2.15. The molecule has 1 aromatic rings. The molecule has 0 spiro atoms. The summed E-state index contributed by atoms with van der Waals surface area (Å²) in [5, 5.41) is 3.44. The molecule has 5 heteroatoms. The summed E-state index contributed by atoms with van der Waals surface area (Å²) in [6, 6.07) is 3.66. The fraction of sp³-hybridized carbons (Fsp3) is 0.643. The maximum atomic E-state index is 11.3. The van der Waals surface area contributed by atoms with E-state index in [1.54, 1.807) is 13.2 Å². The van der Waals surface area contributed by atoms with E-state index in [9.17, 15) is 4.79 Å². The van der Waals surface area contributed by atoms with Crippen LogP contribution in [-0.4, -0.2) is 38.3 Å². The molecule has 1 aliphatic carbocycles. The third-order valence-corrected chi connectivity index (χ3v) is 3.76. The van der Waals surface area contributed by atoms with Crippen LogP contribution in [0.15, 0.2) is 12.1 Å². The highest BCUT2D eigenvalue weighted by atomic mass is 16.5. The summed E-state index contributed by atoms with van der Waals surface area (Å²) in [5.74, 6) is -0.329. The van der Waals surface area contributed by atoms with Crippen molar-refractivity contribution in [3.8, 4) is 0 Å². The molecule has 1 fully saturated rings. The normalized spacial score (nSPS) is 16.3. The minimum Gasteiger partial charge on any atom is -0.464 e. The van der Waals surface area contributed by atoms with Gasteiger partial charge in [-0.25, -0.2) is 4.79 Å². The van der Waals surface area contributed by atoms with Gasteiger partial charge in [-0.3, -0.25) is 0 Å². The summed E-state index contributed by atoms with van der Waals surface area (Å²) >= 11 is 0. The van der Waals surface area contributed by atoms with Crippen molar-refractivity contribution in [3.05, 3.63) is 23.5 Å². The van der Waals surface area contributed by atoms with Gasteiger partial charge in [-0.05, 0) is 36.8 Å². The van der Waals surface area contributed by atoms with Crippen molar-refractivity contribution in [1.29, 1.82) is 0 Å². The molecule has 19 heavy (non-hydrogen) atoms. The van der Waals surface area contributed by atoms with Crippen LogP contribution in [-0.2, 0) is 16.0 Å². The van der Waals surface area contributed by atoms with Crippen molar-refractivity contribution in [2.24, 2.45) is 5.41 Å². The number of carbonyl (C=O) groups is 1. The SMILES string of the molecule is COCCC1(CNCc2ccc(C(=O)OC)[nH]2)CC1. The van der Waals surface area contributed by atoms with E-state index in [0.717, 1.165) is 31.8 Å². The molecule has 0 aliphatic heterocycles. The Labute approximate surface area is 113 Å². The zero-order chi connectivity index (χ0) is 13.7. The van der Waals surface area contributed by atoms with Gasteiger partial charge in [0.2, 0.25) is 0 Å². The molecular formula is C14H22N2O3. The number of ether oxygens (including phenoxy) is 2. The maximum absolute atomic E-state index is 11.3. The lowest BCUT2D eigenvalue weighted by atomic mass is 10.0. The predicted octanol–water partition coefficient (Wildman–Crippen LogP) is 1.71. The molecule has 0 aromatic carbocycles. The molecule has 1 aliphatic rings. The second-order valence-corrected chi connectivity index (χ2v) is 5.24. The molecule has 1 aromatic heterocycles. The number of H-pyrrole nitrogens is 1. The Morgan fingerprint density at radius 1 is 1.42 bits per heavy atom. The first-order valence-electron chi connectivity index (χ1n) is 6.65. The average molecular weight is 266 g/mol. The molecule has 5 nitrogen and oxygen atoms in total. The van der Waals surface area contributed by atoms with Gasteiger partial charge in [0, 0.05) is 32.5 Å². The topological polar surface area (TPSA) is 63.4 Å². The number of hydrogen-bond donors (Lipinski definition) is 2. The Morgan fingerprint density at radius 2 is 2.21 bits per heavy atom. The smallest absolute Gasteiger partial charge is 0.354 e. The molecule has 0 saturated heterocycles. The number of aromatic nitrogens is 1. The number of hydrogen-bond acceptors (Lipinski definition) is 4. The molecule has 1 heterocycles. The van der Waals surface area contributed by atoms with Gasteiger partial charge in [0.15, 0.2) is 0 Å². The van der Waals surface area contributed by atoms with Crippen LogP contribution in [0.5, 0.6) is 0 Å². The number of esters is 1. The van der Waals surface area contributed by atoms with Crippen molar-refractivity contribution >= 4 is 5.97 Å². The average Bonchev–Trinajstić information content (AvgIpc) is 3.03. The van der Waals surface area contributed by atoms with E-state index in [1.165, 1.54) is 20.0 Å². The second-order valence-electron chi connectivity index (χ2n) is 5.24. The molecule has 106 valence electrons. The first-order valence-corrected chi connectivity index (χ1v) is 6.65. The van der Waals surface area contributed by atoms with E-state index >= 15 is 0 Å². The van der Waals surface area contributed by atoms with Crippen molar-refractivity contribution in [2.45, 2.75) is 25.8 Å². The quantitative estimate of drug-likeness (QED) is 0.703. The van der Waals surface area contributed by atoms with Crippen molar-refractivity contribution in [1.82, 2.24) is 10.3 Å². The van der Waals surface area contributed by atoms with Crippen LogP contribution in [0, 0.1) is 5.41 Å². The van der Waals surface area contributed by atoms with Gasteiger partial charge in [0.05, 0.1) is 7.11 Å². The Bertz CT molecular complexity index is 424. The predicted molar refractivity (Wildman–Crippen MR) is 72.0 cm³/mol. The van der Waals surface area contributed by atoms with Crippen LogP contribution >= 0.6 is 0 Å². The zero-order valence-electron chi connectivity index (χ0n) is 11.6. The Balaban J connectivity index is 1.74. The van der Waals surface area contributed by atoms with Gasteiger partial charge in [-0.2, -0.15) is 0 Å². The number of methoxy groups -OCH3 is 2. The van der Waals surface area contributed by atoms with Crippen LogP contribution in [0.2, 0.25) is 0 Å². The maximum Gasteiger partial charge on any atom is 0.354 e.